The summed E-state index contributed by atoms with van der Waals surface area (Å²) in [5.41, 5.74) is 3.09. The van der Waals surface area contributed by atoms with Gasteiger partial charge in [-0.15, -0.1) is 0 Å². The minimum absolute atomic E-state index is 0.0888. The van der Waals surface area contributed by atoms with Crippen LogP contribution in [0.4, 0.5) is 0 Å². The highest BCUT2D eigenvalue weighted by molar-refractivity contribution is 5.91. The van der Waals surface area contributed by atoms with Gasteiger partial charge in [-0.05, 0) is 55.9 Å². The quantitative estimate of drug-likeness (QED) is 0.715. The van der Waals surface area contributed by atoms with Crippen LogP contribution >= 0.6 is 0 Å². The van der Waals surface area contributed by atoms with Gasteiger partial charge in [0.2, 0.25) is 5.91 Å². The van der Waals surface area contributed by atoms with Crippen LogP contribution in [-0.2, 0) is 17.9 Å². The third-order valence-corrected chi connectivity index (χ3v) is 3.77. The number of nitrogens with zero attached hydrogens (tertiary/aromatic N) is 1. The largest absolute Gasteiger partial charge is 0.504 e. The molecule has 0 fully saturated rings. The molecule has 2 aromatic rings. The average molecular weight is 354 g/mol. The number of carbonyl (C=O) groups is 1. The number of phenols is 1. The molecule has 5 heteroatoms. The lowest BCUT2D eigenvalue weighted by Crippen LogP contribution is -2.22. The molecule has 0 saturated heterocycles. The van der Waals surface area contributed by atoms with Crippen molar-refractivity contribution in [2.24, 2.45) is 0 Å². The molecule has 5 nitrogen and oxygen atoms in total. The molecule has 26 heavy (non-hydrogen) atoms. The molecule has 0 radical (unpaired) electrons. The molecule has 0 aromatic heterocycles. The van der Waals surface area contributed by atoms with Gasteiger partial charge in [0.1, 0.15) is 0 Å². The van der Waals surface area contributed by atoms with Gasteiger partial charge in [0, 0.05) is 19.2 Å². The lowest BCUT2D eigenvalue weighted by Gasteiger charge is -2.14. The average Bonchev–Trinajstić information content (AvgIpc) is 2.61. The van der Waals surface area contributed by atoms with E-state index >= 15 is 0 Å². The van der Waals surface area contributed by atoms with Crippen LogP contribution in [0.5, 0.6) is 11.5 Å². The molecule has 0 bridgehead atoms. The van der Waals surface area contributed by atoms with Gasteiger partial charge in [-0.25, -0.2) is 0 Å². The fraction of sp³-hybridized carbons (Fsp3) is 0.286. The molecule has 0 unspecified atom stereocenters. The third-order valence-electron chi connectivity index (χ3n) is 3.77. The van der Waals surface area contributed by atoms with Gasteiger partial charge in [-0.1, -0.05) is 30.3 Å². The summed E-state index contributed by atoms with van der Waals surface area (Å²) in [4.78, 5) is 14.2. The van der Waals surface area contributed by atoms with Crippen LogP contribution in [0.3, 0.4) is 0 Å². The summed E-state index contributed by atoms with van der Waals surface area (Å²) in [6.07, 6.45) is 3.18. The summed E-state index contributed by atoms with van der Waals surface area (Å²) < 4.78 is 5.35. The van der Waals surface area contributed by atoms with Crippen molar-refractivity contribution < 1.29 is 14.6 Å². The molecule has 2 rings (SSSR count). The van der Waals surface area contributed by atoms with E-state index in [9.17, 15) is 9.90 Å². The molecule has 0 heterocycles. The molecule has 0 aliphatic heterocycles. The van der Waals surface area contributed by atoms with Crippen LogP contribution in [0.1, 0.15) is 23.6 Å². The molecule has 0 aliphatic carbocycles. The Labute approximate surface area is 154 Å². The number of benzene rings is 2. The lowest BCUT2D eigenvalue weighted by molar-refractivity contribution is -0.116. The highest BCUT2D eigenvalue weighted by Gasteiger charge is 2.05. The van der Waals surface area contributed by atoms with E-state index in [1.54, 1.807) is 24.3 Å². The smallest absolute Gasteiger partial charge is 0.244 e. The number of rotatable bonds is 8. The Hall–Kier alpha value is -2.79. The van der Waals surface area contributed by atoms with Gasteiger partial charge in [0.15, 0.2) is 11.5 Å². The summed E-state index contributed by atoms with van der Waals surface area (Å²) in [6.45, 7) is 3.62. The minimum atomic E-state index is -0.171. The predicted molar refractivity (Wildman–Crippen MR) is 104 cm³/mol. The molecule has 0 aliphatic rings. The second-order valence-electron chi connectivity index (χ2n) is 6.22. The van der Waals surface area contributed by atoms with Crippen molar-refractivity contribution in [3.8, 4) is 11.5 Å². The molecule has 0 saturated carbocycles. The van der Waals surface area contributed by atoms with E-state index in [1.807, 2.05) is 39.2 Å². The van der Waals surface area contributed by atoms with Crippen molar-refractivity contribution in [1.29, 1.82) is 0 Å². The monoisotopic (exact) mass is 354 g/mol. The van der Waals surface area contributed by atoms with Crippen molar-refractivity contribution in [3.63, 3.8) is 0 Å². The maximum absolute atomic E-state index is 12.1. The summed E-state index contributed by atoms with van der Waals surface area (Å²) in [5, 5.41) is 12.6. The van der Waals surface area contributed by atoms with Crippen molar-refractivity contribution in [3.05, 3.63) is 65.2 Å². The Balaban J connectivity index is 1.97. The summed E-state index contributed by atoms with van der Waals surface area (Å²) in [7, 11) is 4.04. The first-order chi connectivity index (χ1) is 12.5. The number of carbonyl (C=O) groups excluding carboxylic acids is 1. The van der Waals surface area contributed by atoms with E-state index in [0.29, 0.717) is 18.9 Å². The van der Waals surface area contributed by atoms with Crippen molar-refractivity contribution in [1.82, 2.24) is 10.2 Å². The number of phenolic OH excluding ortho intramolecular Hbond substituents is 1. The first-order valence-electron chi connectivity index (χ1n) is 8.63. The van der Waals surface area contributed by atoms with E-state index in [4.69, 9.17) is 4.74 Å². The Morgan fingerprint density at radius 1 is 1.19 bits per heavy atom. The molecule has 1 amide bonds. The molecular formula is C21H26N2O3. The van der Waals surface area contributed by atoms with Crippen molar-refractivity contribution in [2.45, 2.75) is 20.0 Å². The van der Waals surface area contributed by atoms with Crippen molar-refractivity contribution >= 4 is 12.0 Å². The van der Waals surface area contributed by atoms with Gasteiger partial charge in [-0.3, -0.25) is 4.79 Å². The van der Waals surface area contributed by atoms with Crippen LogP contribution in [0.2, 0.25) is 0 Å². The highest BCUT2D eigenvalue weighted by atomic mass is 16.5. The van der Waals surface area contributed by atoms with E-state index in [-0.39, 0.29) is 11.7 Å². The fourth-order valence-corrected chi connectivity index (χ4v) is 2.54. The Morgan fingerprint density at radius 2 is 1.92 bits per heavy atom. The highest BCUT2D eigenvalue weighted by Crippen LogP contribution is 2.27. The number of ether oxygens (including phenoxy) is 1. The zero-order chi connectivity index (χ0) is 18.9. The number of amides is 1. The van der Waals surface area contributed by atoms with Gasteiger partial charge in [0.05, 0.1) is 6.61 Å². The van der Waals surface area contributed by atoms with E-state index in [1.165, 1.54) is 11.6 Å². The number of hydrogen-bond donors (Lipinski definition) is 2. The fourth-order valence-electron chi connectivity index (χ4n) is 2.54. The zero-order valence-corrected chi connectivity index (χ0v) is 15.5. The topological polar surface area (TPSA) is 61.8 Å². The predicted octanol–water partition coefficient (Wildman–Crippen LogP) is 3.18. The summed E-state index contributed by atoms with van der Waals surface area (Å²) >= 11 is 0. The van der Waals surface area contributed by atoms with Crippen molar-refractivity contribution in [2.75, 3.05) is 20.7 Å². The maximum Gasteiger partial charge on any atom is 0.244 e. The van der Waals surface area contributed by atoms with Crippen LogP contribution in [-0.4, -0.2) is 36.6 Å². The van der Waals surface area contributed by atoms with Gasteiger partial charge in [0.25, 0.3) is 0 Å². The molecule has 138 valence electrons. The Bertz CT molecular complexity index is 770. The van der Waals surface area contributed by atoms with Crippen LogP contribution in [0, 0.1) is 0 Å². The van der Waals surface area contributed by atoms with Crippen LogP contribution in [0.25, 0.3) is 6.08 Å². The minimum Gasteiger partial charge on any atom is -0.504 e. The van der Waals surface area contributed by atoms with E-state index < -0.39 is 0 Å². The summed E-state index contributed by atoms with van der Waals surface area (Å²) in [5.74, 6) is 0.328. The molecule has 2 N–H and O–H groups in total. The third kappa shape index (κ3) is 5.93. The van der Waals surface area contributed by atoms with Gasteiger partial charge in [-0.2, -0.15) is 0 Å². The Morgan fingerprint density at radius 3 is 2.62 bits per heavy atom. The van der Waals surface area contributed by atoms with Crippen LogP contribution < -0.4 is 10.1 Å². The number of aromatic hydroxyl groups is 1. The number of hydrogen-bond acceptors (Lipinski definition) is 4. The lowest BCUT2D eigenvalue weighted by atomic mass is 10.1. The summed E-state index contributed by atoms with van der Waals surface area (Å²) in [6, 6.07) is 13.1. The molecule has 2 aromatic carbocycles. The first kappa shape index (κ1) is 19.5. The first-order valence-corrected chi connectivity index (χ1v) is 8.63. The van der Waals surface area contributed by atoms with E-state index in [2.05, 4.69) is 16.3 Å². The SMILES string of the molecule is CCOc1cc(C=CC(=O)NCc2ccccc2CN(C)C)ccc1O. The standard InChI is InChI=1S/C21H26N2O3/c1-4-26-20-13-16(9-11-19(20)24)10-12-21(25)22-14-17-7-5-6-8-18(17)15-23(2)3/h5-13,24H,4,14-15H2,1-3H3,(H,22,25). The normalized spacial score (nSPS) is 11.1. The van der Waals surface area contributed by atoms with E-state index in [0.717, 1.165) is 17.7 Å². The molecule has 0 spiro atoms. The maximum atomic E-state index is 12.1. The molecule has 0 atom stereocenters. The van der Waals surface area contributed by atoms with Gasteiger partial charge >= 0.3 is 0 Å². The van der Waals surface area contributed by atoms with Gasteiger partial charge < -0.3 is 20.1 Å². The number of nitrogens with one attached hydrogen (secondary N) is 1. The second-order valence-corrected chi connectivity index (χ2v) is 6.22. The van der Waals surface area contributed by atoms with Crippen LogP contribution in [0.15, 0.2) is 48.5 Å². The zero-order valence-electron chi connectivity index (χ0n) is 15.5. The molecular weight excluding hydrogens is 328 g/mol. The second kappa shape index (κ2) is 9.63. The Kier molecular flexibility index (Phi) is 7.24.